The molecule has 0 aromatic heterocycles. The van der Waals surface area contributed by atoms with E-state index in [0.717, 1.165) is 13.0 Å². The van der Waals surface area contributed by atoms with Crippen LogP contribution in [0.2, 0.25) is 0 Å². The van der Waals surface area contributed by atoms with E-state index in [2.05, 4.69) is 5.32 Å². The quantitative estimate of drug-likeness (QED) is 0.698. The summed E-state index contributed by atoms with van der Waals surface area (Å²) in [7, 11) is 1.51. The molecule has 2 amide bonds. The molecule has 5 heteroatoms. The van der Waals surface area contributed by atoms with Crippen molar-refractivity contribution < 1.29 is 14.3 Å². The number of rotatable bonds is 2. The van der Waals surface area contributed by atoms with Gasteiger partial charge in [-0.3, -0.25) is 9.59 Å². The van der Waals surface area contributed by atoms with E-state index in [-0.39, 0.29) is 29.8 Å². The lowest BCUT2D eigenvalue weighted by Gasteiger charge is -2.23. The van der Waals surface area contributed by atoms with Crippen LogP contribution in [-0.2, 0) is 14.3 Å². The van der Waals surface area contributed by atoms with Gasteiger partial charge < -0.3 is 15.0 Å². The lowest BCUT2D eigenvalue weighted by Crippen LogP contribution is -2.39. The molecule has 2 aliphatic heterocycles. The maximum atomic E-state index is 11.9. The van der Waals surface area contributed by atoms with E-state index in [1.54, 1.807) is 4.90 Å². The third kappa shape index (κ3) is 1.59. The topological polar surface area (TPSA) is 58.6 Å². The zero-order valence-corrected chi connectivity index (χ0v) is 9.78. The number of methoxy groups -OCH3 is 1. The Labute approximate surface area is 95.1 Å². The highest BCUT2D eigenvalue weighted by Crippen LogP contribution is 2.41. The number of likely N-dealkylation sites (tertiary alicyclic amines) is 1. The fourth-order valence-corrected chi connectivity index (χ4v) is 2.78. The van der Waals surface area contributed by atoms with E-state index in [9.17, 15) is 9.59 Å². The SMILES string of the molecule is COCC(=O)N1C[C@@H](C)[C@@]2(CCNC2=O)C1. The van der Waals surface area contributed by atoms with Gasteiger partial charge in [-0.15, -0.1) is 0 Å². The van der Waals surface area contributed by atoms with Crippen LogP contribution in [0.5, 0.6) is 0 Å². The van der Waals surface area contributed by atoms with Gasteiger partial charge in [-0.2, -0.15) is 0 Å². The van der Waals surface area contributed by atoms with Gasteiger partial charge in [-0.05, 0) is 12.3 Å². The van der Waals surface area contributed by atoms with Crippen molar-refractivity contribution in [2.45, 2.75) is 13.3 Å². The first-order chi connectivity index (χ1) is 7.60. The Morgan fingerprint density at radius 1 is 1.69 bits per heavy atom. The zero-order chi connectivity index (χ0) is 11.8. The van der Waals surface area contributed by atoms with E-state index >= 15 is 0 Å². The third-order valence-electron chi connectivity index (χ3n) is 3.84. The largest absolute Gasteiger partial charge is 0.375 e. The van der Waals surface area contributed by atoms with Gasteiger partial charge in [0, 0.05) is 26.7 Å². The number of nitrogens with zero attached hydrogens (tertiary/aromatic N) is 1. The normalized spacial score (nSPS) is 33.5. The Kier molecular flexibility index (Phi) is 2.88. The highest BCUT2D eigenvalue weighted by molar-refractivity contribution is 5.87. The highest BCUT2D eigenvalue weighted by Gasteiger charge is 2.53. The summed E-state index contributed by atoms with van der Waals surface area (Å²) >= 11 is 0. The van der Waals surface area contributed by atoms with Gasteiger partial charge in [0.2, 0.25) is 11.8 Å². The lowest BCUT2D eigenvalue weighted by atomic mass is 9.78. The zero-order valence-electron chi connectivity index (χ0n) is 9.78. The van der Waals surface area contributed by atoms with Crippen molar-refractivity contribution in [3.63, 3.8) is 0 Å². The van der Waals surface area contributed by atoms with Gasteiger partial charge in [0.1, 0.15) is 6.61 Å². The van der Waals surface area contributed by atoms with E-state index in [4.69, 9.17) is 4.74 Å². The Bertz CT molecular complexity index is 318. The summed E-state index contributed by atoms with van der Waals surface area (Å²) in [5, 5.41) is 2.87. The summed E-state index contributed by atoms with van der Waals surface area (Å²) < 4.78 is 4.84. The summed E-state index contributed by atoms with van der Waals surface area (Å²) in [5.41, 5.74) is -0.344. The molecule has 0 saturated carbocycles. The van der Waals surface area contributed by atoms with Crippen LogP contribution >= 0.6 is 0 Å². The molecule has 2 fully saturated rings. The van der Waals surface area contributed by atoms with Gasteiger partial charge >= 0.3 is 0 Å². The van der Waals surface area contributed by atoms with Gasteiger partial charge in [-0.1, -0.05) is 6.92 Å². The number of hydrogen-bond donors (Lipinski definition) is 1. The summed E-state index contributed by atoms with van der Waals surface area (Å²) in [4.78, 5) is 25.3. The first-order valence-electron chi connectivity index (χ1n) is 5.65. The predicted octanol–water partition coefficient (Wildman–Crippen LogP) is -0.383. The summed E-state index contributed by atoms with van der Waals surface area (Å²) in [6.07, 6.45) is 0.837. The second-order valence-electron chi connectivity index (χ2n) is 4.77. The Balaban J connectivity index is 2.09. The molecule has 2 rings (SSSR count). The Morgan fingerprint density at radius 3 is 3.00 bits per heavy atom. The van der Waals surface area contributed by atoms with Crippen LogP contribution in [0.25, 0.3) is 0 Å². The van der Waals surface area contributed by atoms with Crippen molar-refractivity contribution in [2.75, 3.05) is 33.4 Å². The van der Waals surface area contributed by atoms with E-state index in [1.165, 1.54) is 7.11 Å². The van der Waals surface area contributed by atoms with Crippen LogP contribution in [0.1, 0.15) is 13.3 Å². The monoisotopic (exact) mass is 226 g/mol. The minimum Gasteiger partial charge on any atom is -0.375 e. The molecule has 0 aromatic carbocycles. The molecule has 1 N–H and O–H groups in total. The molecule has 0 radical (unpaired) electrons. The van der Waals surface area contributed by atoms with E-state index in [1.807, 2.05) is 6.92 Å². The molecular formula is C11H18N2O3. The molecule has 2 atom stereocenters. The fourth-order valence-electron chi connectivity index (χ4n) is 2.78. The van der Waals surface area contributed by atoms with Crippen molar-refractivity contribution in [3.8, 4) is 0 Å². The minimum absolute atomic E-state index is 0.0223. The highest BCUT2D eigenvalue weighted by atomic mass is 16.5. The minimum atomic E-state index is -0.344. The van der Waals surface area contributed by atoms with Crippen molar-refractivity contribution >= 4 is 11.8 Å². The van der Waals surface area contributed by atoms with Crippen LogP contribution in [0.3, 0.4) is 0 Å². The predicted molar refractivity (Wildman–Crippen MR) is 57.7 cm³/mol. The molecule has 0 unspecified atom stereocenters. The van der Waals surface area contributed by atoms with Gasteiger partial charge in [-0.25, -0.2) is 0 Å². The Morgan fingerprint density at radius 2 is 2.44 bits per heavy atom. The van der Waals surface area contributed by atoms with Crippen LogP contribution < -0.4 is 5.32 Å². The fraction of sp³-hybridized carbons (Fsp3) is 0.818. The first kappa shape index (κ1) is 11.4. The smallest absolute Gasteiger partial charge is 0.248 e. The number of carbonyl (C=O) groups excluding carboxylic acids is 2. The molecule has 2 heterocycles. The number of ether oxygens (including phenoxy) is 1. The molecule has 90 valence electrons. The average Bonchev–Trinajstić information content (AvgIpc) is 2.76. The summed E-state index contributed by atoms with van der Waals surface area (Å²) in [6, 6.07) is 0. The third-order valence-corrected chi connectivity index (χ3v) is 3.84. The maximum absolute atomic E-state index is 11.9. The lowest BCUT2D eigenvalue weighted by molar-refractivity contribution is -0.135. The molecule has 0 aromatic rings. The first-order valence-corrected chi connectivity index (χ1v) is 5.65. The molecular weight excluding hydrogens is 208 g/mol. The Hall–Kier alpha value is -1.10. The van der Waals surface area contributed by atoms with Crippen molar-refractivity contribution in [1.82, 2.24) is 10.2 Å². The van der Waals surface area contributed by atoms with Crippen LogP contribution in [0.15, 0.2) is 0 Å². The second kappa shape index (κ2) is 4.05. The number of nitrogens with one attached hydrogen (secondary N) is 1. The van der Waals surface area contributed by atoms with Crippen molar-refractivity contribution in [3.05, 3.63) is 0 Å². The summed E-state index contributed by atoms with van der Waals surface area (Å²) in [6.45, 7) is 4.09. The van der Waals surface area contributed by atoms with Gasteiger partial charge in [0.05, 0.1) is 5.41 Å². The number of hydrogen-bond acceptors (Lipinski definition) is 3. The van der Waals surface area contributed by atoms with Crippen LogP contribution in [0.4, 0.5) is 0 Å². The molecule has 2 saturated heterocycles. The maximum Gasteiger partial charge on any atom is 0.248 e. The average molecular weight is 226 g/mol. The molecule has 2 aliphatic rings. The molecule has 0 bridgehead atoms. The molecule has 0 aliphatic carbocycles. The molecule has 1 spiro atoms. The van der Waals surface area contributed by atoms with Gasteiger partial charge in [0.15, 0.2) is 0 Å². The number of carbonyl (C=O) groups is 2. The summed E-state index contributed by atoms with van der Waals surface area (Å²) in [5.74, 6) is 0.314. The van der Waals surface area contributed by atoms with Crippen molar-refractivity contribution in [2.24, 2.45) is 11.3 Å². The van der Waals surface area contributed by atoms with Crippen LogP contribution in [0, 0.1) is 11.3 Å². The number of amides is 2. The molecule has 16 heavy (non-hydrogen) atoms. The van der Waals surface area contributed by atoms with Crippen molar-refractivity contribution in [1.29, 1.82) is 0 Å². The van der Waals surface area contributed by atoms with E-state index < -0.39 is 0 Å². The van der Waals surface area contributed by atoms with E-state index in [0.29, 0.717) is 13.1 Å². The molecule has 5 nitrogen and oxygen atoms in total. The van der Waals surface area contributed by atoms with Crippen LogP contribution in [-0.4, -0.2) is 50.1 Å². The second-order valence-corrected chi connectivity index (χ2v) is 4.77. The standard InChI is InChI=1S/C11H18N2O3/c1-8-5-13(9(14)6-16-2)7-11(8)3-4-12-10(11)15/h8H,3-7H2,1-2H3,(H,12,15)/t8-,11-/m1/s1. The van der Waals surface area contributed by atoms with Gasteiger partial charge in [0.25, 0.3) is 0 Å².